The van der Waals surface area contributed by atoms with Crippen LogP contribution in [-0.4, -0.2) is 29.9 Å². The van der Waals surface area contributed by atoms with Crippen LogP contribution < -0.4 is 16.0 Å². The fraction of sp³-hybridized carbons (Fsp3) is 0.409. The monoisotopic (exact) mass is 378 g/mol. The van der Waals surface area contributed by atoms with Gasteiger partial charge in [-0.15, -0.1) is 0 Å². The number of aromatic nitrogens is 1. The van der Waals surface area contributed by atoms with E-state index in [1.807, 2.05) is 24.3 Å². The van der Waals surface area contributed by atoms with Crippen LogP contribution in [0, 0.1) is 5.92 Å². The van der Waals surface area contributed by atoms with Crippen LogP contribution in [0.15, 0.2) is 36.5 Å². The van der Waals surface area contributed by atoms with Gasteiger partial charge in [0.05, 0.1) is 17.8 Å². The lowest BCUT2D eigenvalue weighted by Gasteiger charge is -2.32. The average Bonchev–Trinajstić information content (AvgIpc) is 2.74. The van der Waals surface area contributed by atoms with Crippen molar-refractivity contribution in [1.29, 1.82) is 0 Å². The summed E-state index contributed by atoms with van der Waals surface area (Å²) >= 11 is 0. The van der Waals surface area contributed by atoms with Gasteiger partial charge in [-0.1, -0.05) is 6.07 Å². The van der Waals surface area contributed by atoms with Gasteiger partial charge in [0.15, 0.2) is 0 Å². The lowest BCUT2D eigenvalue weighted by atomic mass is 9.90. The second-order valence-corrected chi connectivity index (χ2v) is 7.74. The normalized spacial score (nSPS) is 19.0. The van der Waals surface area contributed by atoms with E-state index in [1.54, 1.807) is 6.20 Å². The van der Waals surface area contributed by atoms with E-state index in [4.69, 9.17) is 5.73 Å². The first-order valence-electron chi connectivity index (χ1n) is 10.0. The third kappa shape index (κ3) is 4.01. The standard InChI is InChI=1S/C22H26N4O2/c23-21(27)18-6-3-11-26(14-18)20-10-9-19(13-24-20)25-22(28)17-8-7-15-4-1-2-5-16(15)12-17/h7-10,12-13,18H,1-6,11,14H2,(H2,23,27)(H,25,28). The van der Waals surface area contributed by atoms with Crippen molar-refractivity contribution in [2.45, 2.75) is 38.5 Å². The molecule has 1 atom stereocenters. The highest BCUT2D eigenvalue weighted by Crippen LogP contribution is 2.24. The summed E-state index contributed by atoms with van der Waals surface area (Å²) < 4.78 is 0. The third-order valence-corrected chi connectivity index (χ3v) is 5.76. The van der Waals surface area contributed by atoms with Crippen LogP contribution in [0.4, 0.5) is 11.5 Å². The van der Waals surface area contributed by atoms with Gasteiger partial charge in [0.25, 0.3) is 5.91 Å². The maximum atomic E-state index is 12.6. The maximum Gasteiger partial charge on any atom is 0.255 e. The molecule has 1 saturated heterocycles. The lowest BCUT2D eigenvalue weighted by molar-refractivity contribution is -0.122. The molecule has 3 N–H and O–H groups in total. The number of nitrogens with zero attached hydrogens (tertiary/aromatic N) is 2. The van der Waals surface area contributed by atoms with Crippen LogP contribution in [0.1, 0.15) is 47.2 Å². The molecular weight excluding hydrogens is 352 g/mol. The summed E-state index contributed by atoms with van der Waals surface area (Å²) in [5.74, 6) is 0.310. The Morgan fingerprint density at radius 2 is 1.89 bits per heavy atom. The molecular formula is C22H26N4O2. The number of nitrogens with one attached hydrogen (secondary N) is 1. The minimum Gasteiger partial charge on any atom is -0.369 e. The van der Waals surface area contributed by atoms with Crippen LogP contribution >= 0.6 is 0 Å². The molecule has 146 valence electrons. The molecule has 1 aromatic carbocycles. The van der Waals surface area contributed by atoms with Crippen LogP contribution in [-0.2, 0) is 17.6 Å². The largest absolute Gasteiger partial charge is 0.369 e. The lowest BCUT2D eigenvalue weighted by Crippen LogP contribution is -2.41. The highest BCUT2D eigenvalue weighted by molar-refractivity contribution is 6.04. The van der Waals surface area contributed by atoms with Crippen molar-refractivity contribution in [2.24, 2.45) is 11.7 Å². The maximum absolute atomic E-state index is 12.6. The number of benzene rings is 1. The molecule has 1 aliphatic heterocycles. The number of hydrogen-bond donors (Lipinski definition) is 2. The van der Waals surface area contributed by atoms with Crippen molar-refractivity contribution < 1.29 is 9.59 Å². The first-order chi connectivity index (χ1) is 13.6. The molecule has 1 fully saturated rings. The first-order valence-corrected chi connectivity index (χ1v) is 10.0. The van der Waals surface area contributed by atoms with Gasteiger partial charge < -0.3 is 16.0 Å². The number of piperidine rings is 1. The Morgan fingerprint density at radius 1 is 1.07 bits per heavy atom. The molecule has 0 bridgehead atoms. The zero-order valence-corrected chi connectivity index (χ0v) is 16.0. The molecule has 1 aromatic heterocycles. The Hall–Kier alpha value is -2.89. The Balaban J connectivity index is 1.41. The minimum absolute atomic E-state index is 0.116. The van der Waals surface area contributed by atoms with E-state index in [2.05, 4.69) is 21.3 Å². The minimum atomic E-state index is -0.251. The van der Waals surface area contributed by atoms with Crippen LogP contribution in [0.5, 0.6) is 0 Å². The molecule has 28 heavy (non-hydrogen) atoms. The number of anilines is 2. The topological polar surface area (TPSA) is 88.3 Å². The summed E-state index contributed by atoms with van der Waals surface area (Å²) in [4.78, 5) is 30.6. The zero-order chi connectivity index (χ0) is 19.5. The summed E-state index contributed by atoms with van der Waals surface area (Å²) in [5, 5.41) is 2.93. The number of carbonyl (C=O) groups is 2. The summed E-state index contributed by atoms with van der Waals surface area (Å²) in [6.45, 7) is 1.46. The zero-order valence-electron chi connectivity index (χ0n) is 16.0. The summed E-state index contributed by atoms with van der Waals surface area (Å²) in [6.07, 6.45) is 8.00. The first kappa shape index (κ1) is 18.5. The Labute approximate surface area is 165 Å². The summed E-state index contributed by atoms with van der Waals surface area (Å²) in [5.41, 5.74) is 9.46. The van der Waals surface area contributed by atoms with Crippen molar-refractivity contribution in [1.82, 2.24) is 4.98 Å². The Kier molecular flexibility index (Phi) is 5.28. The van der Waals surface area contributed by atoms with Crippen molar-refractivity contribution in [3.8, 4) is 0 Å². The van der Waals surface area contributed by atoms with E-state index >= 15 is 0 Å². The summed E-state index contributed by atoms with van der Waals surface area (Å²) in [7, 11) is 0. The molecule has 1 unspecified atom stereocenters. The Bertz CT molecular complexity index is 879. The molecule has 2 amide bonds. The highest BCUT2D eigenvalue weighted by atomic mass is 16.2. The smallest absolute Gasteiger partial charge is 0.255 e. The number of fused-ring (bicyclic) bond motifs is 1. The van der Waals surface area contributed by atoms with E-state index in [-0.39, 0.29) is 17.7 Å². The second-order valence-electron chi connectivity index (χ2n) is 7.74. The van der Waals surface area contributed by atoms with Crippen LogP contribution in [0.25, 0.3) is 0 Å². The fourth-order valence-corrected chi connectivity index (χ4v) is 4.14. The van der Waals surface area contributed by atoms with E-state index in [1.165, 1.54) is 24.0 Å². The SMILES string of the molecule is NC(=O)C1CCCN(c2ccc(NC(=O)c3ccc4c(c3)CCCC4)cn2)C1. The molecule has 4 rings (SSSR count). The van der Waals surface area contributed by atoms with Crippen LogP contribution in [0.2, 0.25) is 0 Å². The number of carbonyl (C=O) groups excluding carboxylic acids is 2. The molecule has 0 spiro atoms. The average molecular weight is 378 g/mol. The van der Waals surface area contributed by atoms with Gasteiger partial charge in [0, 0.05) is 18.7 Å². The third-order valence-electron chi connectivity index (χ3n) is 5.76. The van der Waals surface area contributed by atoms with E-state index < -0.39 is 0 Å². The van der Waals surface area contributed by atoms with Gasteiger partial charge in [0.2, 0.25) is 5.91 Å². The van der Waals surface area contributed by atoms with Crippen molar-refractivity contribution in [3.05, 3.63) is 53.2 Å². The summed E-state index contributed by atoms with van der Waals surface area (Å²) in [6, 6.07) is 9.73. The number of nitrogens with two attached hydrogens (primary N) is 1. The highest BCUT2D eigenvalue weighted by Gasteiger charge is 2.24. The number of rotatable bonds is 4. The quantitative estimate of drug-likeness (QED) is 0.856. The van der Waals surface area contributed by atoms with Gasteiger partial charge in [-0.05, 0) is 73.9 Å². The molecule has 2 aliphatic rings. The van der Waals surface area contributed by atoms with Crippen molar-refractivity contribution in [2.75, 3.05) is 23.3 Å². The molecule has 2 heterocycles. The number of pyridine rings is 1. The number of hydrogen-bond acceptors (Lipinski definition) is 4. The van der Waals surface area contributed by atoms with Crippen molar-refractivity contribution >= 4 is 23.3 Å². The van der Waals surface area contributed by atoms with Gasteiger partial charge >= 0.3 is 0 Å². The molecule has 2 aromatic rings. The van der Waals surface area contributed by atoms with Gasteiger partial charge in [-0.3, -0.25) is 9.59 Å². The molecule has 0 radical (unpaired) electrons. The van der Waals surface area contributed by atoms with Gasteiger partial charge in [-0.2, -0.15) is 0 Å². The predicted octanol–water partition coefficient (Wildman–Crippen LogP) is 2.91. The Morgan fingerprint density at radius 3 is 2.64 bits per heavy atom. The molecule has 6 heteroatoms. The molecule has 6 nitrogen and oxygen atoms in total. The number of aryl methyl sites for hydroxylation is 2. The molecule has 1 aliphatic carbocycles. The van der Waals surface area contributed by atoms with Gasteiger partial charge in [0.1, 0.15) is 5.82 Å². The molecule has 0 saturated carbocycles. The second kappa shape index (κ2) is 8.00. The van der Waals surface area contributed by atoms with E-state index in [0.717, 1.165) is 38.0 Å². The van der Waals surface area contributed by atoms with Crippen LogP contribution in [0.3, 0.4) is 0 Å². The fourth-order valence-electron chi connectivity index (χ4n) is 4.14. The van der Waals surface area contributed by atoms with Crippen molar-refractivity contribution in [3.63, 3.8) is 0 Å². The van der Waals surface area contributed by atoms with E-state index in [9.17, 15) is 9.59 Å². The number of amides is 2. The van der Waals surface area contributed by atoms with E-state index in [0.29, 0.717) is 17.8 Å². The number of primary amides is 1. The van der Waals surface area contributed by atoms with Gasteiger partial charge in [-0.25, -0.2) is 4.98 Å². The predicted molar refractivity (Wildman–Crippen MR) is 109 cm³/mol.